The topological polar surface area (TPSA) is 15.3 Å². The van der Waals surface area contributed by atoms with Crippen LogP contribution in [0.15, 0.2) is 46.3 Å². The molecule has 0 amide bonds. The molecule has 1 aromatic carbocycles. The molecular weight excluding hydrogens is 344 g/mol. The normalized spacial score (nSPS) is 19.2. The Kier molecular flexibility index (Phi) is 5.47. The first kappa shape index (κ1) is 15.2. The van der Waals surface area contributed by atoms with E-state index < -0.39 is 0 Å². The Morgan fingerprint density at radius 2 is 2.14 bits per heavy atom. The van der Waals surface area contributed by atoms with Crippen LogP contribution >= 0.6 is 27.3 Å². The Morgan fingerprint density at radius 3 is 2.90 bits per heavy atom. The van der Waals surface area contributed by atoms with Gasteiger partial charge in [0, 0.05) is 40.4 Å². The molecule has 21 heavy (non-hydrogen) atoms. The number of likely N-dealkylation sites (tertiary alicyclic amines) is 1. The number of hydrogen-bond donors (Lipinski definition) is 1. The maximum atomic E-state index is 3.69. The predicted octanol–water partition coefficient (Wildman–Crippen LogP) is 3.92. The van der Waals surface area contributed by atoms with Gasteiger partial charge in [0.25, 0.3) is 0 Å². The molecule has 0 radical (unpaired) electrons. The van der Waals surface area contributed by atoms with Gasteiger partial charge in [-0.2, -0.15) is 0 Å². The molecule has 2 nitrogen and oxygen atoms in total. The molecular formula is C17H21BrN2S. The fourth-order valence-electron chi connectivity index (χ4n) is 2.83. The fraction of sp³-hybridized carbons (Fsp3) is 0.412. The molecule has 2 aromatic rings. The van der Waals surface area contributed by atoms with Crippen LogP contribution in [-0.2, 0) is 13.0 Å². The second-order valence-corrected chi connectivity index (χ2v) is 7.55. The summed E-state index contributed by atoms with van der Waals surface area (Å²) in [6, 6.07) is 13.6. The van der Waals surface area contributed by atoms with Crippen molar-refractivity contribution in [1.29, 1.82) is 0 Å². The van der Waals surface area contributed by atoms with Gasteiger partial charge in [-0.25, -0.2) is 0 Å². The number of thiophene rings is 1. The van der Waals surface area contributed by atoms with E-state index in [0.29, 0.717) is 6.04 Å². The van der Waals surface area contributed by atoms with Crippen molar-refractivity contribution in [2.45, 2.75) is 25.4 Å². The number of rotatable bonds is 6. The fourth-order valence-corrected chi connectivity index (χ4v) is 4.23. The lowest BCUT2D eigenvalue weighted by atomic mass is 10.1. The maximum absolute atomic E-state index is 3.69. The highest BCUT2D eigenvalue weighted by Gasteiger charge is 2.21. The quantitative estimate of drug-likeness (QED) is 0.835. The summed E-state index contributed by atoms with van der Waals surface area (Å²) in [5.41, 5.74) is 1.44. The lowest BCUT2D eigenvalue weighted by Gasteiger charge is -2.16. The van der Waals surface area contributed by atoms with Crippen molar-refractivity contribution in [3.8, 4) is 0 Å². The van der Waals surface area contributed by atoms with E-state index in [0.717, 1.165) is 13.0 Å². The van der Waals surface area contributed by atoms with Gasteiger partial charge in [0.2, 0.25) is 0 Å². The van der Waals surface area contributed by atoms with Crippen LogP contribution in [0.5, 0.6) is 0 Å². The van der Waals surface area contributed by atoms with Crippen LogP contribution in [0.4, 0.5) is 0 Å². The first-order chi connectivity index (χ1) is 10.3. The summed E-state index contributed by atoms with van der Waals surface area (Å²) in [5, 5.41) is 5.84. The molecule has 112 valence electrons. The average molecular weight is 365 g/mol. The molecule has 1 atom stereocenters. The Bertz CT molecular complexity index is 555. The summed E-state index contributed by atoms with van der Waals surface area (Å²) in [6.45, 7) is 4.57. The molecule has 1 aromatic heterocycles. The Labute approximate surface area is 139 Å². The van der Waals surface area contributed by atoms with E-state index in [1.54, 1.807) is 0 Å². The van der Waals surface area contributed by atoms with Crippen LogP contribution in [0.25, 0.3) is 0 Å². The largest absolute Gasteiger partial charge is 0.308 e. The SMILES string of the molecule is Brc1csc(CNC2CCN(CCc3ccccc3)C2)c1. The zero-order valence-corrected chi connectivity index (χ0v) is 14.5. The number of nitrogens with one attached hydrogen (secondary N) is 1. The molecule has 4 heteroatoms. The molecule has 1 fully saturated rings. The van der Waals surface area contributed by atoms with Crippen molar-refractivity contribution < 1.29 is 0 Å². The molecule has 1 N–H and O–H groups in total. The lowest BCUT2D eigenvalue weighted by molar-refractivity contribution is 0.331. The van der Waals surface area contributed by atoms with E-state index in [9.17, 15) is 0 Å². The minimum Gasteiger partial charge on any atom is -0.308 e. The number of benzene rings is 1. The highest BCUT2D eigenvalue weighted by atomic mass is 79.9. The number of nitrogens with zero attached hydrogens (tertiary/aromatic N) is 1. The van der Waals surface area contributed by atoms with Crippen LogP contribution in [0.2, 0.25) is 0 Å². The van der Waals surface area contributed by atoms with Gasteiger partial charge in [-0.05, 0) is 46.9 Å². The van der Waals surface area contributed by atoms with Crippen LogP contribution in [-0.4, -0.2) is 30.6 Å². The van der Waals surface area contributed by atoms with Gasteiger partial charge in [-0.1, -0.05) is 30.3 Å². The zero-order chi connectivity index (χ0) is 14.5. The summed E-state index contributed by atoms with van der Waals surface area (Å²) in [5.74, 6) is 0. The predicted molar refractivity (Wildman–Crippen MR) is 93.8 cm³/mol. The van der Waals surface area contributed by atoms with Crippen LogP contribution in [0.3, 0.4) is 0 Å². The summed E-state index contributed by atoms with van der Waals surface area (Å²) in [7, 11) is 0. The molecule has 0 saturated carbocycles. The molecule has 0 bridgehead atoms. The van der Waals surface area contributed by atoms with Crippen LogP contribution in [0, 0.1) is 0 Å². The number of hydrogen-bond acceptors (Lipinski definition) is 3. The van der Waals surface area contributed by atoms with Gasteiger partial charge in [-0.3, -0.25) is 0 Å². The van der Waals surface area contributed by atoms with E-state index in [2.05, 4.69) is 67.9 Å². The first-order valence-electron chi connectivity index (χ1n) is 7.52. The summed E-state index contributed by atoms with van der Waals surface area (Å²) >= 11 is 5.33. The molecule has 3 rings (SSSR count). The molecule has 2 heterocycles. The van der Waals surface area contributed by atoms with Gasteiger partial charge in [0.05, 0.1) is 0 Å². The third-order valence-electron chi connectivity index (χ3n) is 4.02. The molecule has 1 aliphatic heterocycles. The summed E-state index contributed by atoms with van der Waals surface area (Å²) in [4.78, 5) is 3.99. The van der Waals surface area contributed by atoms with Crippen molar-refractivity contribution in [2.75, 3.05) is 19.6 Å². The second-order valence-electron chi connectivity index (χ2n) is 5.63. The zero-order valence-electron chi connectivity index (χ0n) is 12.1. The van der Waals surface area contributed by atoms with Gasteiger partial charge >= 0.3 is 0 Å². The van der Waals surface area contributed by atoms with Gasteiger partial charge in [0.1, 0.15) is 0 Å². The van der Waals surface area contributed by atoms with E-state index >= 15 is 0 Å². The minimum atomic E-state index is 0.640. The maximum Gasteiger partial charge on any atom is 0.0303 e. The monoisotopic (exact) mass is 364 g/mol. The minimum absolute atomic E-state index is 0.640. The third kappa shape index (κ3) is 4.65. The molecule has 1 aliphatic rings. The van der Waals surface area contributed by atoms with Crippen LogP contribution in [0.1, 0.15) is 16.9 Å². The van der Waals surface area contributed by atoms with Crippen molar-refractivity contribution in [1.82, 2.24) is 10.2 Å². The van der Waals surface area contributed by atoms with Crippen molar-refractivity contribution >= 4 is 27.3 Å². The highest BCUT2D eigenvalue weighted by molar-refractivity contribution is 9.10. The Morgan fingerprint density at radius 1 is 1.29 bits per heavy atom. The standard InChI is InChI=1S/C17H21BrN2S/c18-15-10-17(21-13-15)11-19-16-7-9-20(12-16)8-6-14-4-2-1-3-5-14/h1-5,10,13,16,19H,6-9,11-12H2. The van der Waals surface area contributed by atoms with Gasteiger partial charge < -0.3 is 10.2 Å². The number of halogens is 1. The Hall–Kier alpha value is -0.680. The summed E-state index contributed by atoms with van der Waals surface area (Å²) in [6.07, 6.45) is 2.42. The van der Waals surface area contributed by atoms with E-state index in [1.807, 2.05) is 11.3 Å². The van der Waals surface area contributed by atoms with Crippen LogP contribution < -0.4 is 5.32 Å². The third-order valence-corrected chi connectivity index (χ3v) is 5.72. The second kappa shape index (κ2) is 7.54. The molecule has 0 aliphatic carbocycles. The van der Waals surface area contributed by atoms with E-state index in [-0.39, 0.29) is 0 Å². The smallest absolute Gasteiger partial charge is 0.0303 e. The van der Waals surface area contributed by atoms with E-state index in [4.69, 9.17) is 0 Å². The average Bonchev–Trinajstić information content (AvgIpc) is 3.13. The first-order valence-corrected chi connectivity index (χ1v) is 9.19. The Balaban J connectivity index is 1.39. The highest BCUT2D eigenvalue weighted by Crippen LogP contribution is 2.20. The van der Waals surface area contributed by atoms with Crippen molar-refractivity contribution in [3.63, 3.8) is 0 Å². The van der Waals surface area contributed by atoms with Gasteiger partial charge in [-0.15, -0.1) is 11.3 Å². The molecule has 0 spiro atoms. The van der Waals surface area contributed by atoms with E-state index in [1.165, 1.54) is 41.0 Å². The molecule has 1 unspecified atom stereocenters. The van der Waals surface area contributed by atoms with Gasteiger partial charge in [0.15, 0.2) is 0 Å². The summed E-state index contributed by atoms with van der Waals surface area (Å²) < 4.78 is 1.19. The molecule has 1 saturated heterocycles. The van der Waals surface area contributed by atoms with Crippen molar-refractivity contribution in [3.05, 3.63) is 56.7 Å². The lowest BCUT2D eigenvalue weighted by Crippen LogP contribution is -2.32. The van der Waals surface area contributed by atoms with Crippen molar-refractivity contribution in [2.24, 2.45) is 0 Å².